The molecule has 0 bridgehead atoms. The van der Waals surface area contributed by atoms with E-state index in [1.165, 1.54) is 24.3 Å². The smallest absolute Gasteiger partial charge is 0.243 e. The van der Waals surface area contributed by atoms with Crippen molar-refractivity contribution in [1.82, 2.24) is 9.21 Å². The van der Waals surface area contributed by atoms with Crippen molar-refractivity contribution in [2.75, 3.05) is 25.0 Å². The lowest BCUT2D eigenvalue weighted by molar-refractivity contribution is -0.129. The summed E-state index contributed by atoms with van der Waals surface area (Å²) < 4.78 is 28.8. The molecule has 0 spiro atoms. The van der Waals surface area contributed by atoms with Crippen LogP contribution < -0.4 is 5.32 Å². The average Bonchev–Trinajstić information content (AvgIpc) is 3.42. The molecule has 194 valence electrons. The van der Waals surface area contributed by atoms with Crippen LogP contribution >= 0.6 is 27.5 Å². The first-order valence-electron chi connectivity index (χ1n) is 11.9. The maximum atomic E-state index is 13.4. The van der Waals surface area contributed by atoms with Crippen LogP contribution in [0.4, 0.5) is 5.69 Å². The lowest BCUT2D eigenvalue weighted by Crippen LogP contribution is -2.37. The molecule has 1 aliphatic rings. The largest absolute Gasteiger partial charge is 0.342 e. The van der Waals surface area contributed by atoms with Crippen LogP contribution in [0.2, 0.25) is 5.02 Å². The van der Waals surface area contributed by atoms with Crippen LogP contribution in [0.25, 0.3) is 0 Å². The fraction of sp³-hybridized carbons (Fsp3) is 0.259. The summed E-state index contributed by atoms with van der Waals surface area (Å²) >= 11 is 9.31. The monoisotopic (exact) mass is 603 g/mol. The van der Waals surface area contributed by atoms with Crippen molar-refractivity contribution in [3.63, 3.8) is 0 Å². The van der Waals surface area contributed by atoms with Gasteiger partial charge in [0.05, 0.1) is 17.9 Å². The zero-order valence-corrected chi connectivity index (χ0v) is 23.2. The molecule has 10 heteroatoms. The first-order chi connectivity index (χ1) is 17.7. The summed E-state index contributed by atoms with van der Waals surface area (Å²) in [6, 6.07) is 20.1. The fourth-order valence-corrected chi connectivity index (χ4v) is 5.87. The second kappa shape index (κ2) is 12.2. The number of halogens is 2. The van der Waals surface area contributed by atoms with Crippen LogP contribution in [-0.2, 0) is 32.6 Å². The molecule has 4 rings (SSSR count). The first kappa shape index (κ1) is 27.3. The Bertz CT molecular complexity index is 1340. The Morgan fingerprint density at radius 2 is 1.49 bits per heavy atom. The number of likely N-dealkylation sites (tertiary alicyclic amines) is 1. The standard InChI is InChI=1S/C27H27BrClN3O4S/c28-22-7-3-21(4-8-22)18-32(37(35,36)25-13-9-23(29)10-14-25)19-26(33)30-24-11-5-20(6-12-24)17-27(34)31-15-1-2-16-31/h3-14H,1-2,15-19H2,(H,30,33). The highest BCUT2D eigenvalue weighted by Crippen LogP contribution is 2.22. The van der Waals surface area contributed by atoms with Gasteiger partial charge in [0, 0.05) is 34.8 Å². The molecule has 1 saturated heterocycles. The van der Waals surface area contributed by atoms with Crippen molar-refractivity contribution in [3.8, 4) is 0 Å². The van der Waals surface area contributed by atoms with E-state index in [4.69, 9.17) is 11.6 Å². The van der Waals surface area contributed by atoms with Gasteiger partial charge in [0.1, 0.15) is 0 Å². The topological polar surface area (TPSA) is 86.8 Å². The summed E-state index contributed by atoms with van der Waals surface area (Å²) in [6.45, 7) is 1.25. The molecule has 0 aromatic heterocycles. The zero-order chi connectivity index (χ0) is 26.4. The summed E-state index contributed by atoms with van der Waals surface area (Å²) in [5.41, 5.74) is 2.12. The minimum Gasteiger partial charge on any atom is -0.342 e. The summed E-state index contributed by atoms with van der Waals surface area (Å²) in [5, 5.41) is 3.18. The quantitative estimate of drug-likeness (QED) is 0.368. The Morgan fingerprint density at radius 1 is 0.892 bits per heavy atom. The van der Waals surface area contributed by atoms with E-state index in [0.29, 0.717) is 17.1 Å². The molecule has 0 saturated carbocycles. The highest BCUT2D eigenvalue weighted by molar-refractivity contribution is 9.10. The van der Waals surface area contributed by atoms with Crippen molar-refractivity contribution in [3.05, 3.63) is 93.4 Å². The Hall–Kier alpha value is -2.72. The van der Waals surface area contributed by atoms with Gasteiger partial charge < -0.3 is 10.2 Å². The normalized spacial score (nSPS) is 13.6. The molecule has 1 aliphatic heterocycles. The molecule has 0 atom stereocenters. The van der Waals surface area contributed by atoms with Crippen molar-refractivity contribution in [2.45, 2.75) is 30.7 Å². The number of carbonyl (C=O) groups excluding carboxylic acids is 2. The second-order valence-electron chi connectivity index (χ2n) is 8.86. The third-order valence-electron chi connectivity index (χ3n) is 6.10. The highest BCUT2D eigenvalue weighted by atomic mass is 79.9. The van der Waals surface area contributed by atoms with Crippen LogP contribution in [0.15, 0.2) is 82.2 Å². The highest BCUT2D eigenvalue weighted by Gasteiger charge is 2.27. The predicted molar refractivity (Wildman–Crippen MR) is 148 cm³/mol. The number of nitrogens with zero attached hydrogens (tertiary/aromatic N) is 2. The second-order valence-corrected chi connectivity index (χ2v) is 12.2. The number of nitrogens with one attached hydrogen (secondary N) is 1. The molecule has 1 N–H and O–H groups in total. The number of carbonyl (C=O) groups is 2. The maximum Gasteiger partial charge on any atom is 0.243 e. The summed E-state index contributed by atoms with van der Waals surface area (Å²) in [6.07, 6.45) is 2.40. The third kappa shape index (κ3) is 7.41. The van der Waals surface area contributed by atoms with Crippen LogP contribution in [0.1, 0.15) is 24.0 Å². The molecule has 0 unspecified atom stereocenters. The van der Waals surface area contributed by atoms with Gasteiger partial charge in [-0.3, -0.25) is 9.59 Å². The number of sulfonamides is 1. The van der Waals surface area contributed by atoms with Gasteiger partial charge in [0.25, 0.3) is 0 Å². The van der Waals surface area contributed by atoms with E-state index in [2.05, 4.69) is 21.2 Å². The maximum absolute atomic E-state index is 13.4. The van der Waals surface area contributed by atoms with E-state index in [0.717, 1.165) is 45.8 Å². The molecule has 3 aromatic carbocycles. The predicted octanol–water partition coefficient (Wildman–Crippen LogP) is 5.10. The molecule has 2 amide bonds. The third-order valence-corrected chi connectivity index (χ3v) is 8.68. The lowest BCUT2D eigenvalue weighted by Gasteiger charge is -2.22. The summed E-state index contributed by atoms with van der Waals surface area (Å²) in [5.74, 6) is -0.374. The molecular weight excluding hydrogens is 578 g/mol. The number of anilines is 1. The molecule has 1 fully saturated rings. The van der Waals surface area contributed by atoms with E-state index in [1.54, 1.807) is 36.4 Å². The molecule has 7 nitrogen and oxygen atoms in total. The minimum absolute atomic E-state index is 0.0171. The van der Waals surface area contributed by atoms with E-state index < -0.39 is 15.9 Å². The van der Waals surface area contributed by atoms with E-state index in [1.807, 2.05) is 17.0 Å². The lowest BCUT2D eigenvalue weighted by atomic mass is 10.1. The molecule has 37 heavy (non-hydrogen) atoms. The van der Waals surface area contributed by atoms with Gasteiger partial charge >= 0.3 is 0 Å². The zero-order valence-electron chi connectivity index (χ0n) is 20.1. The Labute approximate surface area is 230 Å². The summed E-state index contributed by atoms with van der Waals surface area (Å²) in [7, 11) is -3.98. The summed E-state index contributed by atoms with van der Waals surface area (Å²) in [4.78, 5) is 27.2. The van der Waals surface area contributed by atoms with Crippen molar-refractivity contribution in [1.29, 1.82) is 0 Å². The number of benzene rings is 3. The van der Waals surface area contributed by atoms with Gasteiger partial charge in [-0.25, -0.2) is 8.42 Å². The van der Waals surface area contributed by atoms with Gasteiger partial charge in [-0.2, -0.15) is 4.31 Å². The number of hydrogen-bond donors (Lipinski definition) is 1. The van der Waals surface area contributed by atoms with Crippen molar-refractivity contribution >= 4 is 55.1 Å². The van der Waals surface area contributed by atoms with Crippen LogP contribution in [0.5, 0.6) is 0 Å². The van der Waals surface area contributed by atoms with Gasteiger partial charge in [0.2, 0.25) is 21.8 Å². The molecule has 1 heterocycles. The van der Waals surface area contributed by atoms with Gasteiger partial charge in [-0.1, -0.05) is 51.8 Å². The number of hydrogen-bond acceptors (Lipinski definition) is 4. The number of amides is 2. The molecular formula is C27H27BrClN3O4S. The molecule has 3 aromatic rings. The molecule has 0 aliphatic carbocycles. The van der Waals surface area contributed by atoms with E-state index in [9.17, 15) is 18.0 Å². The SMILES string of the molecule is O=C(CN(Cc1ccc(Br)cc1)S(=O)(=O)c1ccc(Cl)cc1)Nc1ccc(CC(=O)N2CCCC2)cc1. The minimum atomic E-state index is -3.98. The van der Waals surface area contributed by atoms with Crippen molar-refractivity contribution < 1.29 is 18.0 Å². The molecule has 0 radical (unpaired) electrons. The number of rotatable bonds is 9. The van der Waals surface area contributed by atoms with Gasteiger partial charge in [-0.15, -0.1) is 0 Å². The average molecular weight is 605 g/mol. The fourth-order valence-electron chi connectivity index (χ4n) is 4.09. The van der Waals surface area contributed by atoms with Crippen LogP contribution in [0.3, 0.4) is 0 Å². The van der Waals surface area contributed by atoms with Crippen molar-refractivity contribution in [2.24, 2.45) is 0 Å². The van der Waals surface area contributed by atoms with Gasteiger partial charge in [0.15, 0.2) is 0 Å². The van der Waals surface area contributed by atoms with Crippen LogP contribution in [-0.4, -0.2) is 49.1 Å². The Kier molecular flexibility index (Phi) is 9.02. The first-order valence-corrected chi connectivity index (χ1v) is 14.5. The Morgan fingerprint density at radius 3 is 2.11 bits per heavy atom. The van der Waals surface area contributed by atoms with Crippen LogP contribution in [0, 0.1) is 0 Å². The van der Waals surface area contributed by atoms with E-state index >= 15 is 0 Å². The van der Waals surface area contributed by atoms with E-state index in [-0.39, 0.29) is 23.9 Å². The Balaban J connectivity index is 1.45. The van der Waals surface area contributed by atoms with Gasteiger partial charge in [-0.05, 0) is 72.5 Å².